The van der Waals surface area contributed by atoms with Gasteiger partial charge in [0.2, 0.25) is 0 Å². The van der Waals surface area contributed by atoms with Crippen molar-refractivity contribution in [3.05, 3.63) is 71.0 Å². The number of fused-ring (bicyclic) bond motifs is 1. The molecule has 0 radical (unpaired) electrons. The minimum Gasteiger partial charge on any atom is -0.481 e. The smallest absolute Gasteiger partial charge is 0.306 e. The molecule has 1 aromatic heterocycles. The summed E-state index contributed by atoms with van der Waals surface area (Å²) in [4.78, 5) is 11.0. The van der Waals surface area contributed by atoms with Gasteiger partial charge in [0, 0.05) is 22.9 Å². The second kappa shape index (κ2) is 6.64. The standard InChI is InChI=1S/C21H18O3/c1-14-3-5-16(6-4-14)7-8-17-9-10-20-18(12-17)13-19(24-20)11-15(2)21(22)23/h3-6,9-10,12-13,15H,11H2,1-2H3,(H,22,23)/t15-/m1/s1. The first kappa shape index (κ1) is 15.9. The summed E-state index contributed by atoms with van der Waals surface area (Å²) < 4.78 is 5.71. The molecule has 1 N–H and O–H groups in total. The highest BCUT2D eigenvalue weighted by atomic mass is 16.4. The van der Waals surface area contributed by atoms with E-state index >= 15 is 0 Å². The predicted molar refractivity (Wildman–Crippen MR) is 93.9 cm³/mol. The zero-order chi connectivity index (χ0) is 17.1. The molecule has 0 fully saturated rings. The number of furan rings is 1. The van der Waals surface area contributed by atoms with Crippen LogP contribution in [0.4, 0.5) is 0 Å². The quantitative estimate of drug-likeness (QED) is 0.728. The highest BCUT2D eigenvalue weighted by Gasteiger charge is 2.14. The van der Waals surface area contributed by atoms with Crippen LogP contribution in [0.3, 0.4) is 0 Å². The molecule has 0 aliphatic rings. The van der Waals surface area contributed by atoms with E-state index in [4.69, 9.17) is 9.52 Å². The van der Waals surface area contributed by atoms with Crippen molar-refractivity contribution in [3.63, 3.8) is 0 Å². The van der Waals surface area contributed by atoms with Crippen molar-refractivity contribution in [1.82, 2.24) is 0 Å². The summed E-state index contributed by atoms with van der Waals surface area (Å²) in [5.41, 5.74) is 3.84. The Morgan fingerprint density at radius 1 is 1.08 bits per heavy atom. The normalized spacial score (nSPS) is 11.8. The van der Waals surface area contributed by atoms with E-state index in [2.05, 4.69) is 11.8 Å². The second-order valence-electron chi connectivity index (χ2n) is 6.02. The molecule has 3 heteroatoms. The summed E-state index contributed by atoms with van der Waals surface area (Å²) in [6.07, 6.45) is 0.383. The number of carboxylic acid groups (broad SMARTS) is 1. The molecular weight excluding hydrogens is 300 g/mol. The molecule has 120 valence electrons. The Hall–Kier alpha value is -2.99. The van der Waals surface area contributed by atoms with Gasteiger partial charge in [-0.15, -0.1) is 0 Å². The molecule has 0 aliphatic heterocycles. The van der Waals surface area contributed by atoms with Crippen LogP contribution in [0.5, 0.6) is 0 Å². The minimum absolute atomic E-state index is 0.383. The molecule has 0 bridgehead atoms. The molecule has 1 heterocycles. The maximum atomic E-state index is 11.0. The van der Waals surface area contributed by atoms with E-state index in [-0.39, 0.29) is 0 Å². The predicted octanol–water partition coefficient (Wildman–Crippen LogP) is 4.40. The summed E-state index contributed by atoms with van der Waals surface area (Å²) in [6.45, 7) is 3.72. The lowest BCUT2D eigenvalue weighted by molar-refractivity contribution is -0.141. The van der Waals surface area contributed by atoms with Crippen LogP contribution in [0.2, 0.25) is 0 Å². The average Bonchev–Trinajstić information content (AvgIpc) is 2.95. The number of hydrogen-bond donors (Lipinski definition) is 1. The van der Waals surface area contributed by atoms with E-state index in [0.717, 1.165) is 22.1 Å². The third kappa shape index (κ3) is 3.67. The van der Waals surface area contributed by atoms with Gasteiger partial charge in [0.15, 0.2) is 0 Å². The third-order valence-electron chi connectivity index (χ3n) is 3.90. The van der Waals surface area contributed by atoms with Crippen LogP contribution in [-0.2, 0) is 11.2 Å². The van der Waals surface area contributed by atoms with E-state index in [0.29, 0.717) is 12.2 Å². The molecular formula is C21H18O3. The van der Waals surface area contributed by atoms with Crippen LogP contribution < -0.4 is 0 Å². The Labute approximate surface area is 140 Å². The Morgan fingerprint density at radius 3 is 2.46 bits per heavy atom. The van der Waals surface area contributed by atoms with Gasteiger partial charge in [0.05, 0.1) is 5.92 Å². The lowest BCUT2D eigenvalue weighted by atomic mass is 10.1. The molecule has 0 saturated carbocycles. The van der Waals surface area contributed by atoms with Crippen LogP contribution in [-0.4, -0.2) is 11.1 Å². The van der Waals surface area contributed by atoms with Crippen molar-refractivity contribution in [2.45, 2.75) is 20.3 Å². The van der Waals surface area contributed by atoms with Crippen molar-refractivity contribution < 1.29 is 14.3 Å². The Kier molecular flexibility index (Phi) is 4.39. The van der Waals surface area contributed by atoms with E-state index < -0.39 is 11.9 Å². The fourth-order valence-electron chi connectivity index (χ4n) is 2.45. The number of rotatable bonds is 3. The molecule has 0 spiro atoms. The van der Waals surface area contributed by atoms with E-state index in [1.807, 2.05) is 55.5 Å². The molecule has 24 heavy (non-hydrogen) atoms. The summed E-state index contributed by atoms with van der Waals surface area (Å²) in [5.74, 6) is 5.70. The van der Waals surface area contributed by atoms with Gasteiger partial charge in [0.1, 0.15) is 11.3 Å². The number of aryl methyl sites for hydroxylation is 1. The number of carbonyl (C=O) groups is 1. The summed E-state index contributed by atoms with van der Waals surface area (Å²) in [5, 5.41) is 9.94. The first-order valence-electron chi connectivity index (χ1n) is 7.85. The van der Waals surface area contributed by atoms with Crippen molar-refractivity contribution in [2.24, 2.45) is 5.92 Å². The Morgan fingerprint density at radius 2 is 1.75 bits per heavy atom. The average molecular weight is 318 g/mol. The Balaban J connectivity index is 1.84. The number of hydrogen-bond acceptors (Lipinski definition) is 2. The largest absolute Gasteiger partial charge is 0.481 e. The van der Waals surface area contributed by atoms with Crippen molar-refractivity contribution in [3.8, 4) is 11.8 Å². The number of carboxylic acids is 1. The lowest BCUT2D eigenvalue weighted by Crippen LogP contribution is -2.11. The van der Waals surface area contributed by atoms with Crippen LogP contribution in [0, 0.1) is 24.7 Å². The summed E-state index contributed by atoms with van der Waals surface area (Å²) in [6, 6.07) is 15.7. The zero-order valence-corrected chi connectivity index (χ0v) is 13.7. The number of benzene rings is 2. The molecule has 0 saturated heterocycles. The third-order valence-corrected chi connectivity index (χ3v) is 3.90. The molecule has 2 aromatic carbocycles. The first-order chi connectivity index (χ1) is 11.5. The van der Waals surface area contributed by atoms with Gasteiger partial charge in [-0.25, -0.2) is 0 Å². The monoisotopic (exact) mass is 318 g/mol. The van der Waals surface area contributed by atoms with Gasteiger partial charge in [-0.2, -0.15) is 0 Å². The fraction of sp³-hybridized carbons (Fsp3) is 0.190. The summed E-state index contributed by atoms with van der Waals surface area (Å²) >= 11 is 0. The molecule has 1 atom stereocenters. The number of aliphatic carboxylic acids is 1. The van der Waals surface area contributed by atoms with E-state index in [1.165, 1.54) is 5.56 Å². The SMILES string of the molecule is Cc1ccc(C#Cc2ccc3oc(C[C@@H](C)C(=O)O)cc3c2)cc1. The molecule has 0 unspecified atom stereocenters. The highest BCUT2D eigenvalue weighted by Crippen LogP contribution is 2.22. The van der Waals surface area contributed by atoms with Gasteiger partial charge in [-0.3, -0.25) is 4.79 Å². The highest BCUT2D eigenvalue weighted by molar-refractivity contribution is 5.80. The lowest BCUT2D eigenvalue weighted by Gasteiger charge is -2.01. The Bertz CT molecular complexity index is 937. The first-order valence-corrected chi connectivity index (χ1v) is 7.85. The van der Waals surface area contributed by atoms with Crippen LogP contribution >= 0.6 is 0 Å². The molecule has 3 rings (SSSR count). The topological polar surface area (TPSA) is 50.4 Å². The van der Waals surface area contributed by atoms with Gasteiger partial charge < -0.3 is 9.52 Å². The molecule has 3 aromatic rings. The molecule has 0 aliphatic carbocycles. The van der Waals surface area contributed by atoms with Gasteiger partial charge >= 0.3 is 5.97 Å². The zero-order valence-electron chi connectivity index (χ0n) is 13.7. The van der Waals surface area contributed by atoms with Gasteiger partial charge in [-0.1, -0.05) is 36.5 Å². The molecule has 0 amide bonds. The van der Waals surface area contributed by atoms with Gasteiger partial charge in [0.25, 0.3) is 0 Å². The van der Waals surface area contributed by atoms with E-state index in [1.54, 1.807) is 6.92 Å². The maximum Gasteiger partial charge on any atom is 0.306 e. The van der Waals surface area contributed by atoms with Gasteiger partial charge in [-0.05, 0) is 43.3 Å². The molecule has 3 nitrogen and oxygen atoms in total. The van der Waals surface area contributed by atoms with Crippen LogP contribution in [0.1, 0.15) is 29.4 Å². The second-order valence-corrected chi connectivity index (χ2v) is 6.02. The van der Waals surface area contributed by atoms with Crippen LogP contribution in [0.15, 0.2) is 52.9 Å². The fourth-order valence-corrected chi connectivity index (χ4v) is 2.45. The van der Waals surface area contributed by atoms with Crippen molar-refractivity contribution in [2.75, 3.05) is 0 Å². The summed E-state index contributed by atoms with van der Waals surface area (Å²) in [7, 11) is 0. The van der Waals surface area contributed by atoms with Crippen molar-refractivity contribution in [1.29, 1.82) is 0 Å². The van der Waals surface area contributed by atoms with E-state index in [9.17, 15) is 4.79 Å². The van der Waals surface area contributed by atoms with Crippen molar-refractivity contribution >= 4 is 16.9 Å². The minimum atomic E-state index is -0.819. The maximum absolute atomic E-state index is 11.0. The van der Waals surface area contributed by atoms with Crippen LogP contribution in [0.25, 0.3) is 11.0 Å².